The van der Waals surface area contributed by atoms with E-state index in [-0.39, 0.29) is 32.6 Å². The fourth-order valence-corrected chi connectivity index (χ4v) is 3.94. The van der Waals surface area contributed by atoms with Crippen LogP contribution in [0.1, 0.15) is 43.0 Å². The van der Waals surface area contributed by atoms with Crippen molar-refractivity contribution in [3.63, 3.8) is 0 Å². The van der Waals surface area contributed by atoms with Gasteiger partial charge in [-0.05, 0) is 39.2 Å². The minimum Gasteiger partial charge on any atom is -0.289 e. The van der Waals surface area contributed by atoms with Gasteiger partial charge in [0.1, 0.15) is 0 Å². The maximum atomic E-state index is 13.4. The molecule has 0 amide bonds. The van der Waals surface area contributed by atoms with Crippen LogP contribution in [0, 0.1) is 0 Å². The lowest BCUT2D eigenvalue weighted by Crippen LogP contribution is -2.13. The van der Waals surface area contributed by atoms with Crippen molar-refractivity contribution in [3.8, 4) is 0 Å². The van der Waals surface area contributed by atoms with Gasteiger partial charge in [0.2, 0.25) is 5.78 Å². The van der Waals surface area contributed by atoms with Crippen LogP contribution in [0.4, 0.5) is 0 Å². The summed E-state index contributed by atoms with van der Waals surface area (Å²) in [5, 5.41) is 0. The van der Waals surface area contributed by atoms with E-state index in [1.807, 2.05) is 60.7 Å². The number of carbonyl (C=O) groups excluding carboxylic acids is 2. The standard InChI is InChI=1S/C25H17BrO3/c26-22-15-23(27)20-13-18(11-16-7-3-1-4-8-16)24(28)19(14-21(20)25(22)29)12-17-9-5-2-6-10-17/h1-10,13-15H,11-12H2. The molecule has 0 heterocycles. The number of fused-ring (bicyclic) bond motifs is 1. The van der Waals surface area contributed by atoms with Gasteiger partial charge < -0.3 is 0 Å². The number of hydrogen-bond donors (Lipinski definition) is 0. The zero-order chi connectivity index (χ0) is 20.4. The maximum Gasteiger partial charge on any atom is 0.200 e. The zero-order valence-electron chi connectivity index (χ0n) is 15.5. The van der Waals surface area contributed by atoms with Crippen molar-refractivity contribution < 1.29 is 9.59 Å². The van der Waals surface area contributed by atoms with Gasteiger partial charge in [-0.2, -0.15) is 0 Å². The van der Waals surface area contributed by atoms with Crippen LogP contribution in [0.3, 0.4) is 0 Å². The summed E-state index contributed by atoms with van der Waals surface area (Å²) in [6.45, 7) is 0. The van der Waals surface area contributed by atoms with Gasteiger partial charge in [0.05, 0.1) is 4.48 Å². The lowest BCUT2D eigenvalue weighted by molar-refractivity contribution is 0.0992. The minimum absolute atomic E-state index is 0.135. The topological polar surface area (TPSA) is 51.2 Å². The van der Waals surface area contributed by atoms with Gasteiger partial charge >= 0.3 is 0 Å². The van der Waals surface area contributed by atoms with Gasteiger partial charge in [0.25, 0.3) is 0 Å². The average Bonchev–Trinajstić information content (AvgIpc) is 2.86. The lowest BCUT2D eigenvalue weighted by Gasteiger charge is -2.09. The predicted molar refractivity (Wildman–Crippen MR) is 117 cm³/mol. The largest absolute Gasteiger partial charge is 0.289 e. The first-order chi connectivity index (χ1) is 14.0. The van der Waals surface area contributed by atoms with Crippen molar-refractivity contribution in [2.45, 2.75) is 12.8 Å². The number of ketones is 2. The Morgan fingerprint density at radius 3 is 1.66 bits per heavy atom. The smallest absolute Gasteiger partial charge is 0.200 e. The Morgan fingerprint density at radius 2 is 1.14 bits per heavy atom. The lowest BCUT2D eigenvalue weighted by atomic mass is 9.95. The number of carbonyl (C=O) groups is 2. The SMILES string of the molecule is O=C1C=C(Br)C(=O)c2cc(Cc3ccccc3)c(=O)c(Cc3ccccc3)cc21. The van der Waals surface area contributed by atoms with Crippen molar-refractivity contribution in [1.29, 1.82) is 0 Å². The minimum atomic E-state index is -0.282. The molecule has 0 N–H and O–H groups in total. The molecule has 0 bridgehead atoms. The van der Waals surface area contributed by atoms with Crippen molar-refractivity contribution in [2.24, 2.45) is 0 Å². The van der Waals surface area contributed by atoms with Crippen molar-refractivity contribution in [2.75, 3.05) is 0 Å². The van der Waals surface area contributed by atoms with Gasteiger partial charge in [0, 0.05) is 41.2 Å². The van der Waals surface area contributed by atoms with E-state index >= 15 is 0 Å². The van der Waals surface area contributed by atoms with Gasteiger partial charge in [-0.15, -0.1) is 0 Å². The summed E-state index contributed by atoms with van der Waals surface area (Å²) in [6, 6.07) is 22.4. The molecule has 1 aliphatic carbocycles. The summed E-state index contributed by atoms with van der Waals surface area (Å²) in [4.78, 5) is 38.7. The molecular weight excluding hydrogens is 428 g/mol. The van der Waals surface area contributed by atoms with Crippen LogP contribution >= 0.6 is 15.9 Å². The summed E-state index contributed by atoms with van der Waals surface area (Å²) in [5.74, 6) is -0.558. The Balaban J connectivity index is 1.92. The third-order valence-corrected chi connectivity index (χ3v) is 5.56. The Bertz CT molecular complexity index is 1200. The molecule has 0 spiro atoms. The first kappa shape index (κ1) is 19.2. The molecule has 142 valence electrons. The molecule has 4 rings (SSSR count). The number of hydrogen-bond acceptors (Lipinski definition) is 3. The molecule has 0 radical (unpaired) electrons. The number of halogens is 1. The molecule has 3 aromatic carbocycles. The molecule has 1 aliphatic rings. The van der Waals surface area contributed by atoms with Crippen LogP contribution < -0.4 is 5.43 Å². The van der Waals surface area contributed by atoms with Gasteiger partial charge in [-0.25, -0.2) is 0 Å². The van der Waals surface area contributed by atoms with Gasteiger partial charge in [0.15, 0.2) is 11.2 Å². The van der Waals surface area contributed by atoms with E-state index in [9.17, 15) is 14.4 Å². The number of rotatable bonds is 4. The van der Waals surface area contributed by atoms with E-state index in [0.717, 1.165) is 11.1 Å². The molecule has 0 aromatic heterocycles. The molecule has 0 aliphatic heterocycles. The fraction of sp³-hybridized carbons (Fsp3) is 0.0800. The zero-order valence-corrected chi connectivity index (χ0v) is 17.1. The van der Waals surface area contributed by atoms with E-state index < -0.39 is 0 Å². The number of allylic oxidation sites excluding steroid dienone is 2. The Morgan fingerprint density at radius 1 is 0.655 bits per heavy atom. The summed E-state index contributed by atoms with van der Waals surface area (Å²) in [7, 11) is 0. The second-order valence-electron chi connectivity index (χ2n) is 7.01. The highest BCUT2D eigenvalue weighted by atomic mass is 79.9. The molecule has 3 nitrogen and oxygen atoms in total. The van der Waals surface area contributed by atoms with Crippen LogP contribution in [0.2, 0.25) is 0 Å². The normalized spacial score (nSPS) is 13.1. The van der Waals surface area contributed by atoms with Crippen LogP contribution in [-0.2, 0) is 12.8 Å². The average molecular weight is 445 g/mol. The van der Waals surface area contributed by atoms with E-state index in [2.05, 4.69) is 15.9 Å². The molecule has 3 aromatic rings. The second-order valence-corrected chi connectivity index (χ2v) is 7.86. The molecule has 0 fully saturated rings. The third kappa shape index (κ3) is 4.03. The van der Waals surface area contributed by atoms with E-state index in [1.165, 1.54) is 6.08 Å². The third-order valence-electron chi connectivity index (χ3n) is 4.97. The van der Waals surface area contributed by atoms with E-state index in [4.69, 9.17) is 0 Å². The van der Waals surface area contributed by atoms with Crippen LogP contribution in [-0.4, -0.2) is 11.6 Å². The predicted octanol–water partition coefficient (Wildman–Crippen LogP) is 4.89. The van der Waals surface area contributed by atoms with Crippen LogP contribution in [0.15, 0.2) is 88.1 Å². The first-order valence-electron chi connectivity index (χ1n) is 9.27. The highest BCUT2D eigenvalue weighted by Crippen LogP contribution is 2.26. The quantitative estimate of drug-likeness (QED) is 0.575. The first-order valence-corrected chi connectivity index (χ1v) is 10.1. The van der Waals surface area contributed by atoms with Crippen molar-refractivity contribution in [1.82, 2.24) is 0 Å². The molecular formula is C25H17BrO3. The maximum absolute atomic E-state index is 13.4. The van der Waals surface area contributed by atoms with E-state index in [1.54, 1.807) is 12.1 Å². The van der Waals surface area contributed by atoms with Crippen molar-refractivity contribution in [3.05, 3.63) is 127 Å². The summed E-state index contributed by atoms with van der Waals surface area (Å²) in [5.41, 5.74) is 3.37. The highest BCUT2D eigenvalue weighted by Gasteiger charge is 2.25. The molecule has 0 unspecified atom stereocenters. The molecule has 0 saturated heterocycles. The summed E-state index contributed by atoms with van der Waals surface area (Å²) < 4.78 is 0.212. The van der Waals surface area contributed by atoms with Crippen LogP contribution in [0.5, 0.6) is 0 Å². The van der Waals surface area contributed by atoms with E-state index in [0.29, 0.717) is 24.0 Å². The molecule has 4 heteroatoms. The highest BCUT2D eigenvalue weighted by molar-refractivity contribution is 9.12. The Hall–Kier alpha value is -3.11. The van der Waals surface area contributed by atoms with Gasteiger partial charge in [-0.3, -0.25) is 14.4 Å². The molecule has 0 saturated carbocycles. The number of benzene rings is 2. The number of Topliss-reactive ketones (excluding diaryl/α,β-unsaturated/α-hetero) is 1. The monoisotopic (exact) mass is 444 g/mol. The Labute approximate surface area is 176 Å². The van der Waals surface area contributed by atoms with Crippen molar-refractivity contribution >= 4 is 27.5 Å². The Kier molecular flexibility index (Phi) is 5.36. The fourth-order valence-electron chi connectivity index (χ4n) is 3.51. The second kappa shape index (κ2) is 8.10. The summed E-state index contributed by atoms with van der Waals surface area (Å²) >= 11 is 3.17. The molecule has 29 heavy (non-hydrogen) atoms. The summed E-state index contributed by atoms with van der Waals surface area (Å²) in [6.07, 6.45) is 2.07. The van der Waals surface area contributed by atoms with Gasteiger partial charge in [-0.1, -0.05) is 60.7 Å². The van der Waals surface area contributed by atoms with Crippen LogP contribution in [0.25, 0.3) is 0 Å². The molecule has 0 atom stereocenters.